The van der Waals surface area contributed by atoms with Gasteiger partial charge in [-0.1, -0.05) is 17.7 Å². The van der Waals surface area contributed by atoms with Gasteiger partial charge < -0.3 is 20.1 Å². The van der Waals surface area contributed by atoms with Crippen molar-refractivity contribution in [1.82, 2.24) is 20.2 Å². The number of hydrogen-bond acceptors (Lipinski definition) is 7. The molecule has 35 heavy (non-hydrogen) atoms. The number of carbonyl (C=O) groups is 1. The number of aromatic nitrogens is 4. The maximum atomic E-state index is 13.0. The normalized spacial score (nSPS) is 22.7. The van der Waals surface area contributed by atoms with Crippen LogP contribution in [0.5, 0.6) is 5.75 Å². The van der Waals surface area contributed by atoms with Crippen molar-refractivity contribution >= 4 is 45.7 Å². The number of halogens is 1. The fraction of sp³-hybridized carbons (Fsp3) is 0.280. The van der Waals surface area contributed by atoms with Crippen LogP contribution in [0.1, 0.15) is 35.2 Å². The Morgan fingerprint density at radius 3 is 2.89 bits per heavy atom. The highest BCUT2D eigenvalue weighted by Gasteiger charge is 2.65. The van der Waals surface area contributed by atoms with Crippen molar-refractivity contribution in [2.75, 3.05) is 31.0 Å². The molecular formula is C25H21ClN6O3. The molecule has 1 aliphatic carbocycles. The molecule has 1 saturated heterocycles. The lowest BCUT2D eigenvalue weighted by atomic mass is 9.91. The first-order chi connectivity index (χ1) is 17.1. The number of aromatic amines is 1. The van der Waals surface area contributed by atoms with Gasteiger partial charge >= 0.3 is 0 Å². The van der Waals surface area contributed by atoms with Gasteiger partial charge in [0.1, 0.15) is 16.6 Å². The average molecular weight is 489 g/mol. The summed E-state index contributed by atoms with van der Waals surface area (Å²) in [5.41, 5.74) is 3.28. The van der Waals surface area contributed by atoms with Crippen LogP contribution < -0.4 is 15.4 Å². The molecule has 7 rings (SSSR count). The fourth-order valence-electron chi connectivity index (χ4n) is 5.21. The number of amides is 1. The van der Waals surface area contributed by atoms with Gasteiger partial charge in [0.05, 0.1) is 43.4 Å². The van der Waals surface area contributed by atoms with E-state index in [1.807, 2.05) is 24.3 Å². The van der Waals surface area contributed by atoms with E-state index < -0.39 is 5.41 Å². The molecule has 2 aliphatic heterocycles. The Bertz CT molecular complexity index is 1520. The minimum atomic E-state index is -0.547. The zero-order valence-corrected chi connectivity index (χ0v) is 19.5. The molecule has 2 aromatic carbocycles. The first-order valence-electron chi connectivity index (χ1n) is 11.4. The van der Waals surface area contributed by atoms with Gasteiger partial charge in [-0.2, -0.15) is 5.10 Å². The van der Waals surface area contributed by atoms with E-state index in [1.54, 1.807) is 13.3 Å². The lowest BCUT2D eigenvalue weighted by molar-refractivity contribution is -0.118. The maximum Gasteiger partial charge on any atom is 0.235 e. The number of H-pyrrole nitrogens is 1. The van der Waals surface area contributed by atoms with Gasteiger partial charge in [-0.05, 0) is 47.9 Å². The molecule has 10 heteroatoms. The second-order valence-corrected chi connectivity index (χ2v) is 9.66. The number of nitrogens with zero attached hydrogens (tertiary/aromatic N) is 3. The van der Waals surface area contributed by atoms with Crippen LogP contribution in [0, 0.1) is 0 Å². The topological polar surface area (TPSA) is 114 Å². The van der Waals surface area contributed by atoms with E-state index in [9.17, 15) is 4.79 Å². The second-order valence-electron chi connectivity index (χ2n) is 9.26. The van der Waals surface area contributed by atoms with E-state index in [4.69, 9.17) is 21.1 Å². The number of fused-ring (bicyclic) bond motifs is 3. The third-order valence-corrected chi connectivity index (χ3v) is 7.59. The largest absolute Gasteiger partial charge is 0.497 e. The van der Waals surface area contributed by atoms with E-state index in [0.717, 1.165) is 39.9 Å². The van der Waals surface area contributed by atoms with Gasteiger partial charge in [0, 0.05) is 17.0 Å². The number of hydrogen-bond donors (Lipinski definition) is 3. The third kappa shape index (κ3) is 3.05. The zero-order chi connectivity index (χ0) is 23.7. The number of nitrogens with one attached hydrogen (secondary N) is 3. The van der Waals surface area contributed by atoms with Crippen LogP contribution in [0.25, 0.3) is 10.9 Å². The highest BCUT2D eigenvalue weighted by molar-refractivity contribution is 6.32. The molecular weight excluding hydrogens is 468 g/mol. The third-order valence-electron chi connectivity index (χ3n) is 7.31. The van der Waals surface area contributed by atoms with Crippen LogP contribution in [-0.2, 0) is 14.9 Å². The van der Waals surface area contributed by atoms with Crippen LogP contribution in [-0.4, -0.2) is 46.4 Å². The maximum absolute atomic E-state index is 13.0. The van der Waals surface area contributed by atoms with E-state index in [-0.39, 0.29) is 17.7 Å². The Morgan fingerprint density at radius 2 is 2.09 bits per heavy atom. The van der Waals surface area contributed by atoms with E-state index in [0.29, 0.717) is 35.7 Å². The quantitative estimate of drug-likeness (QED) is 0.384. The van der Waals surface area contributed by atoms with Crippen molar-refractivity contribution in [3.05, 3.63) is 64.6 Å². The van der Waals surface area contributed by atoms with Gasteiger partial charge in [-0.15, -0.1) is 0 Å². The van der Waals surface area contributed by atoms with Crippen molar-refractivity contribution in [2.45, 2.75) is 23.7 Å². The summed E-state index contributed by atoms with van der Waals surface area (Å²) in [5.74, 6) is 2.91. The first kappa shape index (κ1) is 20.7. The second kappa shape index (κ2) is 7.40. The molecule has 3 aliphatic rings. The molecule has 0 bridgehead atoms. The molecule has 9 nitrogen and oxygen atoms in total. The van der Waals surface area contributed by atoms with Gasteiger partial charge in [-0.3, -0.25) is 9.89 Å². The summed E-state index contributed by atoms with van der Waals surface area (Å²) in [6, 6.07) is 11.9. The van der Waals surface area contributed by atoms with Gasteiger partial charge in [0.2, 0.25) is 5.91 Å². The van der Waals surface area contributed by atoms with Crippen molar-refractivity contribution in [1.29, 1.82) is 0 Å². The molecule has 2 fully saturated rings. The standard InChI is InChI=1S/C25H21ClN6O3/c1-34-14-3-5-19-16(7-14)25(24(33)28-19)8-17(25)12-2-4-15-20(6-12)31-32-22(15)30-23-18(26)9-27-21(29-23)13-10-35-11-13/h2-7,9,13,17H,8,10-11H2,1H3,(H,28,33)(H2,27,29,30,31,32)/t17-,25-/m0/s1. The highest BCUT2D eigenvalue weighted by Crippen LogP contribution is 2.65. The van der Waals surface area contributed by atoms with Crippen molar-refractivity contribution in [3.8, 4) is 5.75 Å². The molecule has 0 unspecified atom stereocenters. The van der Waals surface area contributed by atoms with Crippen LogP contribution >= 0.6 is 11.6 Å². The average Bonchev–Trinajstić information content (AvgIpc) is 3.38. The molecule has 4 heterocycles. The summed E-state index contributed by atoms with van der Waals surface area (Å²) < 4.78 is 10.6. The highest BCUT2D eigenvalue weighted by atomic mass is 35.5. The zero-order valence-electron chi connectivity index (χ0n) is 18.8. The molecule has 1 saturated carbocycles. The summed E-state index contributed by atoms with van der Waals surface area (Å²) in [5, 5.41) is 15.2. The Labute approximate surface area is 205 Å². The smallest absolute Gasteiger partial charge is 0.235 e. The minimum absolute atomic E-state index is 0.0453. The fourth-order valence-corrected chi connectivity index (χ4v) is 5.35. The lowest BCUT2D eigenvalue weighted by Crippen LogP contribution is -2.27. The molecule has 1 spiro atoms. The van der Waals surface area contributed by atoms with Crippen LogP contribution in [0.3, 0.4) is 0 Å². The van der Waals surface area contributed by atoms with E-state index >= 15 is 0 Å². The molecule has 2 atom stereocenters. The molecule has 0 radical (unpaired) electrons. The molecule has 1 amide bonds. The Kier molecular flexibility index (Phi) is 4.37. The monoisotopic (exact) mass is 488 g/mol. The summed E-state index contributed by atoms with van der Waals surface area (Å²) in [6.07, 6.45) is 2.36. The first-order valence-corrected chi connectivity index (χ1v) is 11.8. The summed E-state index contributed by atoms with van der Waals surface area (Å²) in [7, 11) is 1.64. The Balaban J connectivity index is 1.19. The van der Waals surface area contributed by atoms with E-state index in [1.165, 1.54) is 0 Å². The molecule has 4 aromatic rings. The number of carbonyl (C=O) groups excluding carboxylic acids is 1. The van der Waals surface area contributed by atoms with Crippen molar-refractivity contribution < 1.29 is 14.3 Å². The van der Waals surface area contributed by atoms with Gasteiger partial charge in [0.15, 0.2) is 11.6 Å². The molecule has 176 valence electrons. The predicted molar refractivity (Wildman–Crippen MR) is 131 cm³/mol. The number of benzene rings is 2. The molecule has 2 aromatic heterocycles. The van der Waals surface area contributed by atoms with Crippen LogP contribution in [0.2, 0.25) is 5.02 Å². The lowest BCUT2D eigenvalue weighted by Gasteiger charge is -2.24. The number of methoxy groups -OCH3 is 1. The molecule has 3 N–H and O–H groups in total. The van der Waals surface area contributed by atoms with Crippen LogP contribution in [0.15, 0.2) is 42.6 Å². The SMILES string of the molecule is COc1ccc2c(c1)[C@]1(C[C@H]1c1ccc3c(Nc4nc(C5COC5)ncc4Cl)n[nH]c3c1)C(=O)N2. The van der Waals surface area contributed by atoms with E-state index in [2.05, 4.69) is 42.9 Å². The summed E-state index contributed by atoms with van der Waals surface area (Å²) >= 11 is 6.35. The van der Waals surface area contributed by atoms with Gasteiger partial charge in [-0.25, -0.2) is 9.97 Å². The van der Waals surface area contributed by atoms with Crippen molar-refractivity contribution in [2.24, 2.45) is 0 Å². The summed E-state index contributed by atoms with van der Waals surface area (Å²) in [4.78, 5) is 21.9. The predicted octanol–water partition coefficient (Wildman–Crippen LogP) is 4.25. The van der Waals surface area contributed by atoms with Crippen LogP contribution in [0.4, 0.5) is 17.3 Å². The number of ether oxygens (including phenoxy) is 2. The number of anilines is 3. The number of rotatable bonds is 5. The summed E-state index contributed by atoms with van der Waals surface area (Å²) in [6.45, 7) is 1.24. The Hall–Kier alpha value is -3.69. The van der Waals surface area contributed by atoms with Crippen molar-refractivity contribution in [3.63, 3.8) is 0 Å². The minimum Gasteiger partial charge on any atom is -0.497 e. The van der Waals surface area contributed by atoms with Gasteiger partial charge in [0.25, 0.3) is 0 Å². The Morgan fingerprint density at radius 1 is 1.20 bits per heavy atom.